The van der Waals surface area contributed by atoms with E-state index in [0.717, 1.165) is 37.7 Å². The summed E-state index contributed by atoms with van der Waals surface area (Å²) in [5.41, 5.74) is 0.500. The van der Waals surface area contributed by atoms with Crippen molar-refractivity contribution in [1.29, 1.82) is 0 Å². The van der Waals surface area contributed by atoms with Crippen LogP contribution in [0.2, 0.25) is 0 Å². The molecule has 3 N–H and O–H groups in total. The third kappa shape index (κ3) is 7.86. The van der Waals surface area contributed by atoms with E-state index in [4.69, 9.17) is 4.74 Å². The second kappa shape index (κ2) is 10.7. The number of alkyl carbamates (subject to hydrolysis) is 1. The molecule has 1 aliphatic rings. The number of carbonyl (C=O) groups excluding carboxylic acids is 1. The summed E-state index contributed by atoms with van der Waals surface area (Å²) in [6.45, 7) is 5.57. The lowest BCUT2D eigenvalue weighted by molar-refractivity contribution is 0.0404. The minimum atomic E-state index is -1.04. The molecule has 1 fully saturated rings. The van der Waals surface area contributed by atoms with Gasteiger partial charge in [0, 0.05) is 13.6 Å². The smallest absolute Gasteiger partial charge is 0.407 e. The molecule has 168 valence electrons. The van der Waals surface area contributed by atoms with Crippen LogP contribution in [0.15, 0.2) is 30.3 Å². The van der Waals surface area contributed by atoms with Gasteiger partial charge in [0.25, 0.3) is 0 Å². The van der Waals surface area contributed by atoms with E-state index in [1.54, 1.807) is 20.8 Å². The normalized spacial score (nSPS) is 21.4. The Labute approximate surface area is 179 Å². The highest BCUT2D eigenvalue weighted by Gasteiger charge is 2.35. The molecule has 1 aromatic rings. The van der Waals surface area contributed by atoms with Gasteiger partial charge >= 0.3 is 12.2 Å². The van der Waals surface area contributed by atoms with Gasteiger partial charge < -0.3 is 25.2 Å². The van der Waals surface area contributed by atoms with Crippen LogP contribution in [0.5, 0.6) is 0 Å². The first-order chi connectivity index (χ1) is 14.0. The highest BCUT2D eigenvalue weighted by Crippen LogP contribution is 2.34. The fourth-order valence-corrected chi connectivity index (χ4v) is 4.17. The Morgan fingerprint density at radius 2 is 1.77 bits per heavy atom. The molecular formula is C23H36N2O5. The number of nitrogens with zero attached hydrogens (tertiary/aromatic N) is 1. The fourth-order valence-electron chi connectivity index (χ4n) is 4.17. The van der Waals surface area contributed by atoms with Crippen LogP contribution < -0.4 is 5.32 Å². The molecule has 2 atom stereocenters. The van der Waals surface area contributed by atoms with E-state index >= 15 is 0 Å². The molecule has 2 rings (SSSR count). The van der Waals surface area contributed by atoms with Crippen molar-refractivity contribution in [1.82, 2.24) is 10.2 Å². The quantitative estimate of drug-likeness (QED) is 0.621. The molecule has 30 heavy (non-hydrogen) atoms. The molecule has 7 nitrogen and oxygen atoms in total. The molecule has 0 heterocycles. The zero-order chi connectivity index (χ0) is 22.3. The number of aliphatic hydroxyl groups is 1. The summed E-state index contributed by atoms with van der Waals surface area (Å²) in [5.74, 6) is 0.296. The summed E-state index contributed by atoms with van der Waals surface area (Å²) < 4.78 is 5.46. The predicted molar refractivity (Wildman–Crippen MR) is 115 cm³/mol. The van der Waals surface area contributed by atoms with Gasteiger partial charge in [0.1, 0.15) is 5.60 Å². The Bertz CT molecular complexity index is 681. The number of amides is 2. The third-order valence-electron chi connectivity index (χ3n) is 5.68. The van der Waals surface area contributed by atoms with Gasteiger partial charge in [0.05, 0.1) is 12.1 Å². The van der Waals surface area contributed by atoms with Crippen molar-refractivity contribution in [3.05, 3.63) is 35.9 Å². The number of benzene rings is 1. The van der Waals surface area contributed by atoms with E-state index in [-0.39, 0.29) is 24.5 Å². The van der Waals surface area contributed by atoms with E-state index in [1.165, 1.54) is 11.9 Å². The molecule has 7 heteroatoms. The SMILES string of the molecule is CN(C[C@@H](NC(=O)OC(C)(C)C)C(Cc1ccccc1)[C@H]1CC[C@@H](O)CC1)C(=O)O. The van der Waals surface area contributed by atoms with Gasteiger partial charge in [-0.1, -0.05) is 30.3 Å². The van der Waals surface area contributed by atoms with Crippen LogP contribution in [0.3, 0.4) is 0 Å². The summed E-state index contributed by atoms with van der Waals surface area (Å²) in [6.07, 6.45) is 2.01. The van der Waals surface area contributed by atoms with Crippen LogP contribution in [-0.4, -0.2) is 58.6 Å². The van der Waals surface area contributed by atoms with Gasteiger partial charge in [-0.05, 0) is 70.3 Å². The monoisotopic (exact) mass is 420 g/mol. The Hall–Kier alpha value is -2.28. The summed E-state index contributed by atoms with van der Waals surface area (Å²) in [5, 5.41) is 22.3. The van der Waals surface area contributed by atoms with Gasteiger partial charge in [-0.25, -0.2) is 9.59 Å². The number of rotatable bonds is 7. The number of hydrogen-bond acceptors (Lipinski definition) is 4. The predicted octanol–water partition coefficient (Wildman–Crippen LogP) is 3.90. The molecule has 0 aliphatic heterocycles. The Balaban J connectivity index is 2.28. The van der Waals surface area contributed by atoms with Crippen molar-refractivity contribution in [2.24, 2.45) is 11.8 Å². The molecule has 1 aliphatic carbocycles. The summed E-state index contributed by atoms with van der Waals surface area (Å²) >= 11 is 0. The fraction of sp³-hybridized carbons (Fsp3) is 0.652. The summed E-state index contributed by atoms with van der Waals surface area (Å²) in [6, 6.07) is 9.63. The number of carboxylic acid groups (broad SMARTS) is 1. The minimum Gasteiger partial charge on any atom is -0.465 e. The lowest BCUT2D eigenvalue weighted by Gasteiger charge is -2.39. The van der Waals surface area contributed by atoms with E-state index in [0.29, 0.717) is 0 Å². The van der Waals surface area contributed by atoms with Gasteiger partial charge in [-0.3, -0.25) is 0 Å². The van der Waals surface area contributed by atoms with E-state index in [9.17, 15) is 19.8 Å². The maximum absolute atomic E-state index is 12.6. The summed E-state index contributed by atoms with van der Waals surface area (Å²) in [7, 11) is 1.51. The highest BCUT2D eigenvalue weighted by molar-refractivity contribution is 5.68. The number of likely N-dealkylation sites (N-methyl/N-ethyl adjacent to an activating group) is 1. The Morgan fingerprint density at radius 1 is 1.17 bits per heavy atom. The molecule has 2 amide bonds. The molecule has 1 saturated carbocycles. The van der Waals surface area contributed by atoms with Crippen LogP contribution in [0.1, 0.15) is 52.0 Å². The first kappa shape index (κ1) is 24.0. The van der Waals surface area contributed by atoms with Crippen LogP contribution in [-0.2, 0) is 11.2 Å². The molecule has 0 spiro atoms. The van der Waals surface area contributed by atoms with Crippen LogP contribution >= 0.6 is 0 Å². The van der Waals surface area contributed by atoms with Crippen molar-refractivity contribution in [3.63, 3.8) is 0 Å². The average molecular weight is 421 g/mol. The van der Waals surface area contributed by atoms with Crippen molar-refractivity contribution < 1.29 is 24.5 Å². The molecule has 0 saturated heterocycles. The zero-order valence-electron chi connectivity index (χ0n) is 18.5. The first-order valence-corrected chi connectivity index (χ1v) is 10.7. The number of nitrogens with one attached hydrogen (secondary N) is 1. The lowest BCUT2D eigenvalue weighted by atomic mass is 9.73. The van der Waals surface area contributed by atoms with E-state index in [2.05, 4.69) is 17.4 Å². The van der Waals surface area contributed by atoms with Gasteiger partial charge in [-0.2, -0.15) is 0 Å². The molecular weight excluding hydrogens is 384 g/mol. The van der Waals surface area contributed by atoms with Crippen molar-refractivity contribution >= 4 is 12.2 Å². The van der Waals surface area contributed by atoms with Crippen molar-refractivity contribution in [3.8, 4) is 0 Å². The molecule has 0 radical (unpaired) electrons. The Kier molecular flexibility index (Phi) is 8.53. The average Bonchev–Trinajstić information content (AvgIpc) is 2.65. The van der Waals surface area contributed by atoms with Crippen LogP contribution in [0, 0.1) is 11.8 Å². The van der Waals surface area contributed by atoms with E-state index < -0.39 is 23.8 Å². The summed E-state index contributed by atoms with van der Waals surface area (Å²) in [4.78, 5) is 25.3. The standard InChI is InChI=1S/C23H36N2O5/c1-23(2,3)30-21(27)24-20(15-25(4)22(28)29)19(14-16-8-6-5-7-9-16)17-10-12-18(26)13-11-17/h5-9,17-20,26H,10-15H2,1-4H3,(H,24,27)(H,28,29)/t17-,18+,19?,20-/m1/s1. The third-order valence-corrected chi connectivity index (χ3v) is 5.68. The second-order valence-corrected chi connectivity index (χ2v) is 9.34. The lowest BCUT2D eigenvalue weighted by Crippen LogP contribution is -2.52. The number of carbonyl (C=O) groups is 2. The molecule has 1 unspecified atom stereocenters. The maximum Gasteiger partial charge on any atom is 0.407 e. The largest absolute Gasteiger partial charge is 0.465 e. The first-order valence-electron chi connectivity index (χ1n) is 10.7. The van der Waals surface area contributed by atoms with Gasteiger partial charge in [0.15, 0.2) is 0 Å². The van der Waals surface area contributed by atoms with Crippen molar-refractivity contribution in [2.45, 2.75) is 70.6 Å². The van der Waals surface area contributed by atoms with Gasteiger partial charge in [-0.15, -0.1) is 0 Å². The zero-order valence-corrected chi connectivity index (χ0v) is 18.5. The maximum atomic E-state index is 12.6. The van der Waals surface area contributed by atoms with Gasteiger partial charge in [0.2, 0.25) is 0 Å². The number of hydrogen-bond donors (Lipinski definition) is 3. The number of aliphatic hydroxyl groups excluding tert-OH is 1. The van der Waals surface area contributed by atoms with Crippen molar-refractivity contribution in [2.75, 3.05) is 13.6 Å². The number of ether oxygens (including phenoxy) is 1. The van der Waals surface area contributed by atoms with Crippen LogP contribution in [0.4, 0.5) is 9.59 Å². The Morgan fingerprint density at radius 3 is 2.30 bits per heavy atom. The minimum absolute atomic E-state index is 0.0224. The molecule has 0 aromatic heterocycles. The highest BCUT2D eigenvalue weighted by atomic mass is 16.6. The topological polar surface area (TPSA) is 99.1 Å². The molecule has 1 aromatic carbocycles. The second-order valence-electron chi connectivity index (χ2n) is 9.34. The van der Waals surface area contributed by atoms with E-state index in [1.807, 2.05) is 18.2 Å². The van der Waals surface area contributed by atoms with Crippen LogP contribution in [0.25, 0.3) is 0 Å². The molecule has 0 bridgehead atoms.